The first kappa shape index (κ1) is 16.8. The van der Waals surface area contributed by atoms with E-state index in [4.69, 9.17) is 16.7 Å². The van der Waals surface area contributed by atoms with E-state index in [0.29, 0.717) is 0 Å². The number of piperazine rings is 1. The normalized spacial score (nSPS) is 16.4. The van der Waals surface area contributed by atoms with Crippen LogP contribution in [0.25, 0.3) is 0 Å². The fourth-order valence-electron chi connectivity index (χ4n) is 2.84. The summed E-state index contributed by atoms with van der Waals surface area (Å²) in [6.07, 6.45) is 0. The summed E-state index contributed by atoms with van der Waals surface area (Å²) >= 11 is 6.24. The van der Waals surface area contributed by atoms with Crippen LogP contribution in [-0.4, -0.2) is 46.9 Å². The Balaban J connectivity index is 1.56. The summed E-state index contributed by atoms with van der Waals surface area (Å²) in [5.41, 5.74) is 3.18. The molecule has 4 nitrogen and oxygen atoms in total. The van der Waals surface area contributed by atoms with Gasteiger partial charge in [0.25, 0.3) is 0 Å². The third kappa shape index (κ3) is 4.28. The zero-order valence-electron chi connectivity index (χ0n) is 13.8. The van der Waals surface area contributed by atoms with Gasteiger partial charge >= 0.3 is 0 Å². The Hall–Kier alpha value is -2.04. The van der Waals surface area contributed by atoms with Gasteiger partial charge in [-0.15, -0.1) is 0 Å². The molecule has 1 N–H and O–H groups in total. The standard InChI is InChI=1S/C19H22ClN3O/c1-15(16-6-8-18(24)9-7-16)21-23-12-10-22(11-13-23)14-17-4-2-3-5-19(17)20/h2-9,24H,10-14H2,1H3/b21-15+. The lowest BCUT2D eigenvalue weighted by molar-refractivity contribution is 0.130. The molecule has 24 heavy (non-hydrogen) atoms. The van der Waals surface area contributed by atoms with Crippen LogP contribution in [0.3, 0.4) is 0 Å². The van der Waals surface area contributed by atoms with E-state index in [9.17, 15) is 5.11 Å². The highest BCUT2D eigenvalue weighted by molar-refractivity contribution is 6.31. The maximum Gasteiger partial charge on any atom is 0.115 e. The SMILES string of the molecule is C/C(=N\N1CCN(Cc2ccccc2Cl)CC1)c1ccc(O)cc1. The van der Waals surface area contributed by atoms with Crippen molar-refractivity contribution < 1.29 is 5.11 Å². The van der Waals surface area contributed by atoms with Gasteiger partial charge in [0.1, 0.15) is 5.75 Å². The maximum absolute atomic E-state index is 9.36. The lowest BCUT2D eigenvalue weighted by Crippen LogP contribution is -2.43. The lowest BCUT2D eigenvalue weighted by Gasteiger charge is -2.33. The fraction of sp³-hybridized carbons (Fsp3) is 0.316. The summed E-state index contributed by atoms with van der Waals surface area (Å²) in [4.78, 5) is 2.41. The number of hydrogen-bond acceptors (Lipinski definition) is 4. The molecule has 5 heteroatoms. The second kappa shape index (κ2) is 7.69. The first-order valence-corrected chi connectivity index (χ1v) is 8.55. The predicted molar refractivity (Wildman–Crippen MR) is 98.6 cm³/mol. The van der Waals surface area contributed by atoms with Gasteiger partial charge in [0.15, 0.2) is 0 Å². The second-order valence-corrected chi connectivity index (χ2v) is 6.46. The number of nitrogens with zero attached hydrogens (tertiary/aromatic N) is 3. The summed E-state index contributed by atoms with van der Waals surface area (Å²) in [6.45, 7) is 6.63. The molecule has 0 spiro atoms. The van der Waals surface area contributed by atoms with Gasteiger partial charge in [-0.25, -0.2) is 0 Å². The molecular formula is C19H22ClN3O. The van der Waals surface area contributed by atoms with E-state index in [1.54, 1.807) is 12.1 Å². The van der Waals surface area contributed by atoms with Gasteiger partial charge in [0.05, 0.1) is 5.71 Å². The number of halogens is 1. The molecule has 2 aromatic rings. The van der Waals surface area contributed by atoms with Crippen molar-refractivity contribution >= 4 is 17.3 Å². The highest BCUT2D eigenvalue weighted by Gasteiger charge is 2.16. The molecule has 1 saturated heterocycles. The van der Waals surface area contributed by atoms with E-state index >= 15 is 0 Å². The third-order valence-electron chi connectivity index (χ3n) is 4.28. The molecule has 2 aromatic carbocycles. The van der Waals surface area contributed by atoms with Gasteiger partial charge in [-0.1, -0.05) is 29.8 Å². The molecule has 126 valence electrons. The molecule has 3 rings (SSSR count). The summed E-state index contributed by atoms with van der Waals surface area (Å²) in [7, 11) is 0. The molecule has 0 bridgehead atoms. The Labute approximate surface area is 148 Å². The van der Waals surface area contributed by atoms with Crippen molar-refractivity contribution in [1.29, 1.82) is 0 Å². The molecular weight excluding hydrogens is 322 g/mol. The van der Waals surface area contributed by atoms with Crippen LogP contribution in [0.1, 0.15) is 18.1 Å². The number of rotatable bonds is 4. The summed E-state index contributed by atoms with van der Waals surface area (Å²) in [5, 5.41) is 17.0. The number of aromatic hydroxyl groups is 1. The van der Waals surface area contributed by atoms with Crippen molar-refractivity contribution in [3.8, 4) is 5.75 Å². The summed E-state index contributed by atoms with van der Waals surface area (Å²) in [6, 6.07) is 15.2. The first-order valence-electron chi connectivity index (χ1n) is 8.17. The van der Waals surface area contributed by atoms with E-state index in [0.717, 1.165) is 49.0 Å². The minimum atomic E-state index is 0.278. The van der Waals surface area contributed by atoms with Crippen molar-refractivity contribution in [3.63, 3.8) is 0 Å². The molecule has 1 fully saturated rings. The number of hydrazone groups is 1. The van der Waals surface area contributed by atoms with Crippen LogP contribution in [-0.2, 0) is 6.54 Å². The molecule has 0 radical (unpaired) electrons. The molecule has 1 heterocycles. The maximum atomic E-state index is 9.36. The number of benzene rings is 2. The number of hydrogen-bond donors (Lipinski definition) is 1. The van der Waals surface area contributed by atoms with E-state index in [1.165, 1.54) is 5.56 Å². The molecule has 0 aliphatic carbocycles. The zero-order valence-corrected chi connectivity index (χ0v) is 14.6. The van der Waals surface area contributed by atoms with Crippen LogP contribution in [0.2, 0.25) is 5.02 Å². The Kier molecular flexibility index (Phi) is 5.38. The van der Waals surface area contributed by atoms with Crippen molar-refractivity contribution in [3.05, 3.63) is 64.7 Å². The third-order valence-corrected chi connectivity index (χ3v) is 4.65. The van der Waals surface area contributed by atoms with Crippen molar-refractivity contribution in [1.82, 2.24) is 9.91 Å². The van der Waals surface area contributed by atoms with Crippen LogP contribution in [0.15, 0.2) is 53.6 Å². The number of phenolic OH excluding ortho intramolecular Hbond substituents is 1. The molecule has 1 aliphatic rings. The van der Waals surface area contributed by atoms with Crippen LogP contribution >= 0.6 is 11.6 Å². The number of phenols is 1. The van der Waals surface area contributed by atoms with Crippen LogP contribution in [0.4, 0.5) is 0 Å². The highest BCUT2D eigenvalue weighted by atomic mass is 35.5. The van der Waals surface area contributed by atoms with Gasteiger partial charge in [0.2, 0.25) is 0 Å². The average molecular weight is 344 g/mol. The minimum absolute atomic E-state index is 0.278. The van der Waals surface area contributed by atoms with Gasteiger partial charge in [-0.3, -0.25) is 9.91 Å². The molecule has 0 amide bonds. The molecule has 0 unspecified atom stereocenters. The Morgan fingerprint density at radius 3 is 2.38 bits per heavy atom. The monoisotopic (exact) mass is 343 g/mol. The highest BCUT2D eigenvalue weighted by Crippen LogP contribution is 2.18. The Morgan fingerprint density at radius 2 is 1.71 bits per heavy atom. The average Bonchev–Trinajstić information content (AvgIpc) is 2.59. The smallest absolute Gasteiger partial charge is 0.115 e. The van der Waals surface area contributed by atoms with E-state index in [2.05, 4.69) is 16.0 Å². The van der Waals surface area contributed by atoms with Crippen molar-refractivity contribution in [2.24, 2.45) is 5.10 Å². The summed E-state index contributed by atoms with van der Waals surface area (Å²) < 4.78 is 0. The van der Waals surface area contributed by atoms with Gasteiger partial charge in [-0.2, -0.15) is 5.10 Å². The van der Waals surface area contributed by atoms with E-state index in [1.807, 2.05) is 37.3 Å². The molecule has 1 aliphatic heterocycles. The quantitative estimate of drug-likeness (QED) is 0.862. The van der Waals surface area contributed by atoms with Gasteiger partial charge in [0, 0.05) is 37.7 Å². The first-order chi connectivity index (χ1) is 11.6. The second-order valence-electron chi connectivity index (χ2n) is 6.05. The zero-order chi connectivity index (χ0) is 16.9. The minimum Gasteiger partial charge on any atom is -0.508 e. The molecule has 0 atom stereocenters. The Morgan fingerprint density at radius 1 is 1.04 bits per heavy atom. The van der Waals surface area contributed by atoms with Crippen molar-refractivity contribution in [2.75, 3.05) is 26.2 Å². The summed E-state index contributed by atoms with van der Waals surface area (Å²) in [5.74, 6) is 0.278. The fourth-order valence-corrected chi connectivity index (χ4v) is 3.03. The molecule has 0 saturated carbocycles. The van der Waals surface area contributed by atoms with Crippen molar-refractivity contribution in [2.45, 2.75) is 13.5 Å². The van der Waals surface area contributed by atoms with Crippen LogP contribution in [0.5, 0.6) is 5.75 Å². The van der Waals surface area contributed by atoms with Crippen LogP contribution < -0.4 is 0 Å². The topological polar surface area (TPSA) is 39.1 Å². The predicted octanol–water partition coefficient (Wildman–Crippen LogP) is 3.59. The van der Waals surface area contributed by atoms with E-state index in [-0.39, 0.29) is 5.75 Å². The van der Waals surface area contributed by atoms with Gasteiger partial charge < -0.3 is 5.11 Å². The van der Waals surface area contributed by atoms with Gasteiger partial charge in [-0.05, 0) is 48.4 Å². The lowest BCUT2D eigenvalue weighted by atomic mass is 10.1. The van der Waals surface area contributed by atoms with E-state index < -0.39 is 0 Å². The molecule has 0 aromatic heterocycles. The largest absolute Gasteiger partial charge is 0.508 e. The Bertz CT molecular complexity index is 707. The van der Waals surface area contributed by atoms with Crippen LogP contribution in [0, 0.1) is 0 Å².